The summed E-state index contributed by atoms with van der Waals surface area (Å²) in [7, 11) is 0. The summed E-state index contributed by atoms with van der Waals surface area (Å²) in [6.07, 6.45) is -3.75. The maximum atomic E-state index is 12.2. The first-order valence-electron chi connectivity index (χ1n) is 7.96. The van der Waals surface area contributed by atoms with E-state index in [1.54, 1.807) is 19.1 Å². The van der Waals surface area contributed by atoms with E-state index in [1.807, 2.05) is 0 Å². The molecule has 1 N–H and O–H groups in total. The maximum Gasteiger partial charge on any atom is 0.573 e. The molecule has 5 nitrogen and oxygen atoms in total. The minimum atomic E-state index is -4.80. The van der Waals surface area contributed by atoms with Gasteiger partial charge in [-0.25, -0.2) is 4.79 Å². The zero-order chi connectivity index (χ0) is 20.7. The molecule has 0 heterocycles. The molecule has 0 saturated heterocycles. The van der Waals surface area contributed by atoms with Crippen LogP contribution in [0.25, 0.3) is 5.76 Å². The first-order chi connectivity index (χ1) is 13.2. The number of hydrogen-bond acceptors (Lipinski definition) is 5. The van der Waals surface area contributed by atoms with Crippen molar-refractivity contribution in [1.82, 2.24) is 0 Å². The van der Waals surface area contributed by atoms with Crippen LogP contribution in [0.2, 0.25) is 5.02 Å². The number of ether oxygens (including phenoxy) is 2. The predicted molar refractivity (Wildman–Crippen MR) is 98.9 cm³/mol. The van der Waals surface area contributed by atoms with E-state index in [0.29, 0.717) is 0 Å². The Hall–Kier alpha value is -3.00. The topological polar surface area (TPSA) is 68.1 Å². The van der Waals surface area contributed by atoms with Crippen LogP contribution in [0.1, 0.15) is 12.5 Å². The molecule has 0 aliphatic rings. The fourth-order valence-electron chi connectivity index (χ4n) is 2.09. The molecule has 0 saturated carbocycles. The van der Waals surface area contributed by atoms with Gasteiger partial charge in [-0.05, 0) is 43.3 Å². The molecule has 0 bridgehead atoms. The van der Waals surface area contributed by atoms with Crippen LogP contribution in [-0.4, -0.2) is 30.3 Å². The van der Waals surface area contributed by atoms with Crippen molar-refractivity contribution in [3.63, 3.8) is 0 Å². The Morgan fingerprint density at radius 2 is 1.82 bits per heavy atom. The highest BCUT2D eigenvalue weighted by Crippen LogP contribution is 2.26. The van der Waals surface area contributed by atoms with Crippen molar-refractivity contribution in [2.75, 3.05) is 6.61 Å². The lowest BCUT2D eigenvalue weighted by molar-refractivity contribution is -0.274. The van der Waals surface area contributed by atoms with Crippen molar-refractivity contribution in [3.8, 4) is 5.75 Å². The van der Waals surface area contributed by atoms with Crippen molar-refractivity contribution in [2.24, 2.45) is 4.99 Å². The number of aliphatic hydroxyl groups is 1. The second-order valence-corrected chi connectivity index (χ2v) is 5.67. The quantitative estimate of drug-likeness (QED) is 0.295. The van der Waals surface area contributed by atoms with Crippen LogP contribution in [-0.2, 0) is 9.53 Å². The molecular formula is C19H15ClF3NO4. The van der Waals surface area contributed by atoms with Gasteiger partial charge >= 0.3 is 12.3 Å². The number of hydrogen-bond donors (Lipinski definition) is 1. The number of halogens is 4. The summed E-state index contributed by atoms with van der Waals surface area (Å²) in [5, 5.41) is 10.7. The van der Waals surface area contributed by atoms with E-state index < -0.39 is 23.8 Å². The smallest absolute Gasteiger partial charge is 0.506 e. The molecule has 9 heteroatoms. The lowest BCUT2D eigenvalue weighted by Gasteiger charge is -2.09. The van der Waals surface area contributed by atoms with E-state index >= 15 is 0 Å². The average Bonchev–Trinajstić information content (AvgIpc) is 2.62. The summed E-state index contributed by atoms with van der Waals surface area (Å²) < 4.78 is 45.3. The van der Waals surface area contributed by atoms with Gasteiger partial charge in [-0.1, -0.05) is 23.7 Å². The van der Waals surface area contributed by atoms with Gasteiger partial charge in [0.25, 0.3) is 0 Å². The van der Waals surface area contributed by atoms with E-state index in [1.165, 1.54) is 24.3 Å². The molecule has 2 aromatic rings. The monoisotopic (exact) mass is 413 g/mol. The molecule has 148 valence electrons. The number of carbonyl (C=O) groups excluding carboxylic acids is 1. The van der Waals surface area contributed by atoms with Crippen molar-refractivity contribution in [3.05, 3.63) is 64.7 Å². The Labute approximate surface area is 163 Å². The molecule has 28 heavy (non-hydrogen) atoms. The number of aliphatic hydroxyl groups excluding tert-OH is 1. The van der Waals surface area contributed by atoms with Crippen molar-refractivity contribution in [1.29, 1.82) is 0 Å². The van der Waals surface area contributed by atoms with E-state index in [2.05, 4.69) is 9.73 Å². The van der Waals surface area contributed by atoms with Crippen molar-refractivity contribution >= 4 is 35.2 Å². The third kappa shape index (κ3) is 6.02. The zero-order valence-electron chi connectivity index (χ0n) is 14.5. The Morgan fingerprint density at radius 3 is 2.39 bits per heavy atom. The van der Waals surface area contributed by atoms with Crippen LogP contribution in [0.15, 0.2) is 59.1 Å². The lowest BCUT2D eigenvalue weighted by atomic mass is 10.1. The Balaban J connectivity index is 2.34. The molecule has 0 unspecified atom stereocenters. The SMILES string of the molecule is CCOC(=O)C(C=Nc1ccc(OC(F)(F)F)cc1)=C(O)c1ccccc1Cl. The molecule has 0 amide bonds. The fourth-order valence-corrected chi connectivity index (χ4v) is 2.32. The van der Waals surface area contributed by atoms with Gasteiger partial charge in [-0.15, -0.1) is 13.2 Å². The average molecular weight is 414 g/mol. The summed E-state index contributed by atoms with van der Waals surface area (Å²) in [4.78, 5) is 16.2. The summed E-state index contributed by atoms with van der Waals surface area (Å²) in [5.74, 6) is -1.68. The molecule has 0 fully saturated rings. The van der Waals surface area contributed by atoms with Crippen LogP contribution in [0.4, 0.5) is 18.9 Å². The van der Waals surface area contributed by atoms with Crippen LogP contribution in [0.3, 0.4) is 0 Å². The second-order valence-electron chi connectivity index (χ2n) is 5.26. The number of carbonyl (C=O) groups is 1. The van der Waals surface area contributed by atoms with Gasteiger partial charge in [0.2, 0.25) is 0 Å². The Morgan fingerprint density at radius 1 is 1.18 bits per heavy atom. The number of rotatable bonds is 6. The Bertz CT molecular complexity index is 893. The van der Waals surface area contributed by atoms with Gasteiger partial charge in [0.1, 0.15) is 17.1 Å². The number of nitrogens with zero attached hydrogens (tertiary/aromatic N) is 1. The highest BCUT2D eigenvalue weighted by Gasteiger charge is 2.30. The molecule has 2 aromatic carbocycles. The first kappa shape index (κ1) is 21.3. The minimum absolute atomic E-state index is 0.0649. The van der Waals surface area contributed by atoms with Crippen LogP contribution in [0.5, 0.6) is 5.75 Å². The number of esters is 1. The molecular weight excluding hydrogens is 399 g/mol. The minimum Gasteiger partial charge on any atom is -0.506 e. The van der Waals surface area contributed by atoms with E-state index in [9.17, 15) is 23.1 Å². The highest BCUT2D eigenvalue weighted by atomic mass is 35.5. The molecule has 0 aromatic heterocycles. The molecule has 0 spiro atoms. The summed E-state index contributed by atoms with van der Waals surface area (Å²) in [5.41, 5.74) is 0.168. The molecule has 0 aliphatic heterocycles. The van der Waals surface area contributed by atoms with E-state index in [0.717, 1.165) is 18.3 Å². The molecule has 0 aliphatic carbocycles. The highest BCUT2D eigenvalue weighted by molar-refractivity contribution is 6.32. The Kier molecular flexibility index (Phi) is 7.06. The normalized spacial score (nSPS) is 12.6. The van der Waals surface area contributed by atoms with Gasteiger partial charge in [0.05, 0.1) is 17.3 Å². The second kappa shape index (κ2) is 9.27. The van der Waals surface area contributed by atoms with Crippen LogP contribution < -0.4 is 4.74 Å². The van der Waals surface area contributed by atoms with E-state index in [-0.39, 0.29) is 28.5 Å². The third-order valence-corrected chi connectivity index (χ3v) is 3.62. The lowest BCUT2D eigenvalue weighted by Crippen LogP contribution is -2.16. The van der Waals surface area contributed by atoms with Gasteiger partial charge < -0.3 is 14.6 Å². The number of alkyl halides is 3. The van der Waals surface area contributed by atoms with Gasteiger partial charge in [-0.2, -0.15) is 0 Å². The van der Waals surface area contributed by atoms with E-state index in [4.69, 9.17) is 16.3 Å². The summed E-state index contributed by atoms with van der Waals surface area (Å²) in [6, 6.07) is 11.0. The van der Waals surface area contributed by atoms with Crippen molar-refractivity contribution in [2.45, 2.75) is 13.3 Å². The maximum absolute atomic E-state index is 12.2. The van der Waals surface area contributed by atoms with Crippen molar-refractivity contribution < 1.29 is 32.5 Å². The third-order valence-electron chi connectivity index (χ3n) is 3.29. The fraction of sp³-hybridized carbons (Fsp3) is 0.158. The van der Waals surface area contributed by atoms with Gasteiger partial charge in [-0.3, -0.25) is 4.99 Å². The molecule has 2 rings (SSSR count). The summed E-state index contributed by atoms with van der Waals surface area (Å²) in [6.45, 7) is 1.66. The zero-order valence-corrected chi connectivity index (χ0v) is 15.3. The number of benzene rings is 2. The molecule has 0 atom stereocenters. The standard InChI is InChI=1S/C19H15ClF3NO4/c1-2-27-18(26)15(17(25)14-5-3-4-6-16(14)20)11-24-12-7-9-13(10-8-12)28-19(21,22)23/h3-11,25H,2H2,1H3. The van der Waals surface area contributed by atoms with Crippen LogP contribution >= 0.6 is 11.6 Å². The predicted octanol–water partition coefficient (Wildman–Crippen LogP) is 5.47. The van der Waals surface area contributed by atoms with Crippen LogP contribution in [0, 0.1) is 0 Å². The van der Waals surface area contributed by atoms with Gasteiger partial charge in [0.15, 0.2) is 0 Å². The largest absolute Gasteiger partial charge is 0.573 e. The summed E-state index contributed by atoms with van der Waals surface area (Å²) >= 11 is 6.04. The molecule has 0 radical (unpaired) electrons. The van der Waals surface area contributed by atoms with Gasteiger partial charge in [0, 0.05) is 11.8 Å². The number of aliphatic imine (C=N–C) groups is 1. The first-order valence-corrected chi connectivity index (χ1v) is 8.34.